The van der Waals surface area contributed by atoms with Gasteiger partial charge < -0.3 is 10.4 Å². The molecule has 2 rings (SSSR count). The van der Waals surface area contributed by atoms with Crippen molar-refractivity contribution in [3.63, 3.8) is 0 Å². The monoisotopic (exact) mass is 181 g/mol. The molecule has 6 nitrogen and oxygen atoms in total. The first kappa shape index (κ1) is 7.78. The van der Waals surface area contributed by atoms with Crippen molar-refractivity contribution in [3.05, 3.63) is 17.7 Å². The average molecular weight is 181 g/mol. The van der Waals surface area contributed by atoms with Crippen LogP contribution < -0.4 is 5.32 Å². The molecule has 0 aromatic carbocycles. The van der Waals surface area contributed by atoms with Crippen LogP contribution in [-0.2, 0) is 4.79 Å². The average Bonchev–Trinajstić information content (AvgIpc) is 2.55. The Bertz CT molecular complexity index is 396. The van der Waals surface area contributed by atoms with E-state index in [-0.39, 0.29) is 0 Å². The predicted molar refractivity (Wildman–Crippen MR) is 41.3 cm³/mol. The van der Waals surface area contributed by atoms with Gasteiger partial charge in [-0.05, 0) is 6.92 Å². The molecule has 0 aliphatic carbocycles. The van der Waals surface area contributed by atoms with E-state index in [1.165, 1.54) is 10.8 Å². The van der Waals surface area contributed by atoms with Gasteiger partial charge >= 0.3 is 12.0 Å². The van der Waals surface area contributed by atoms with E-state index < -0.39 is 18.0 Å². The fourth-order valence-corrected chi connectivity index (χ4v) is 1.38. The fourth-order valence-electron chi connectivity index (χ4n) is 1.38. The molecule has 1 amide bonds. The van der Waals surface area contributed by atoms with Gasteiger partial charge in [0, 0.05) is 0 Å². The van der Waals surface area contributed by atoms with Crippen LogP contribution in [0.25, 0.3) is 0 Å². The molecule has 0 fully saturated rings. The van der Waals surface area contributed by atoms with E-state index in [2.05, 4.69) is 10.3 Å². The van der Waals surface area contributed by atoms with E-state index in [0.29, 0.717) is 11.5 Å². The topological polar surface area (TPSA) is 84.2 Å². The van der Waals surface area contributed by atoms with Crippen molar-refractivity contribution < 1.29 is 14.7 Å². The number of aliphatic carboxylic acids is 1. The summed E-state index contributed by atoms with van der Waals surface area (Å²) in [6.07, 6.45) is 1.39. The SMILES string of the molecule is Cc1ncc2n1C(=O)NC2C(=O)O. The number of carbonyl (C=O) groups excluding carboxylic acids is 1. The summed E-state index contributed by atoms with van der Waals surface area (Å²) in [5.41, 5.74) is 0.384. The lowest BCUT2D eigenvalue weighted by Gasteiger charge is -2.00. The summed E-state index contributed by atoms with van der Waals surface area (Å²) in [7, 11) is 0. The number of nitrogens with one attached hydrogen (secondary N) is 1. The van der Waals surface area contributed by atoms with Gasteiger partial charge in [0.15, 0.2) is 6.04 Å². The summed E-state index contributed by atoms with van der Waals surface area (Å²) in [6, 6.07) is -1.40. The minimum atomic E-state index is -1.08. The Labute approximate surface area is 73.2 Å². The largest absolute Gasteiger partial charge is 0.479 e. The number of carboxylic acid groups (broad SMARTS) is 1. The number of rotatable bonds is 1. The minimum absolute atomic E-state index is 0.384. The van der Waals surface area contributed by atoms with E-state index in [9.17, 15) is 9.59 Å². The highest BCUT2D eigenvalue weighted by Crippen LogP contribution is 2.20. The molecule has 6 heteroatoms. The summed E-state index contributed by atoms with van der Waals surface area (Å²) in [6.45, 7) is 1.65. The first-order chi connectivity index (χ1) is 6.11. The van der Waals surface area contributed by atoms with Crippen LogP contribution >= 0.6 is 0 Å². The Hall–Kier alpha value is -1.85. The summed E-state index contributed by atoms with van der Waals surface area (Å²) < 4.78 is 1.26. The van der Waals surface area contributed by atoms with Crippen molar-refractivity contribution in [2.75, 3.05) is 0 Å². The number of carboxylic acids is 1. The van der Waals surface area contributed by atoms with Gasteiger partial charge in [-0.2, -0.15) is 0 Å². The maximum absolute atomic E-state index is 11.2. The van der Waals surface area contributed by atoms with E-state index in [1.807, 2.05) is 0 Å². The summed E-state index contributed by atoms with van der Waals surface area (Å²) in [5.74, 6) is -0.580. The summed E-state index contributed by atoms with van der Waals surface area (Å²) in [5, 5.41) is 11.1. The molecular weight excluding hydrogens is 174 g/mol. The van der Waals surface area contributed by atoms with Crippen molar-refractivity contribution >= 4 is 12.0 Å². The van der Waals surface area contributed by atoms with Gasteiger partial charge in [0.2, 0.25) is 0 Å². The Morgan fingerprint density at radius 1 is 1.77 bits per heavy atom. The quantitative estimate of drug-likeness (QED) is 0.633. The molecule has 68 valence electrons. The first-order valence-corrected chi connectivity index (χ1v) is 3.69. The summed E-state index contributed by atoms with van der Waals surface area (Å²) in [4.78, 5) is 25.7. The van der Waals surface area contributed by atoms with Crippen LogP contribution in [0.5, 0.6) is 0 Å². The molecule has 0 bridgehead atoms. The molecule has 2 heterocycles. The van der Waals surface area contributed by atoms with E-state index in [1.54, 1.807) is 6.92 Å². The van der Waals surface area contributed by atoms with E-state index in [0.717, 1.165) is 0 Å². The zero-order valence-electron chi connectivity index (χ0n) is 6.81. The van der Waals surface area contributed by atoms with Crippen molar-refractivity contribution in [1.82, 2.24) is 14.9 Å². The highest BCUT2D eigenvalue weighted by molar-refractivity contribution is 5.90. The van der Waals surface area contributed by atoms with Crippen molar-refractivity contribution in [2.24, 2.45) is 0 Å². The number of aryl methyl sites for hydroxylation is 1. The molecule has 1 unspecified atom stereocenters. The number of nitrogens with zero attached hydrogens (tertiary/aromatic N) is 2. The second kappa shape index (κ2) is 2.32. The zero-order chi connectivity index (χ0) is 9.59. The van der Waals surface area contributed by atoms with Gasteiger partial charge in [-0.1, -0.05) is 0 Å². The van der Waals surface area contributed by atoms with Crippen molar-refractivity contribution in [1.29, 1.82) is 0 Å². The third kappa shape index (κ3) is 0.915. The number of hydrogen-bond acceptors (Lipinski definition) is 3. The number of hydrogen-bond donors (Lipinski definition) is 2. The van der Waals surface area contributed by atoms with Crippen LogP contribution in [-0.4, -0.2) is 26.7 Å². The molecule has 0 radical (unpaired) electrons. The minimum Gasteiger partial charge on any atom is -0.479 e. The molecule has 0 saturated carbocycles. The van der Waals surface area contributed by atoms with Crippen LogP contribution in [0.3, 0.4) is 0 Å². The Morgan fingerprint density at radius 2 is 2.46 bits per heavy atom. The lowest BCUT2D eigenvalue weighted by molar-refractivity contribution is -0.139. The lowest BCUT2D eigenvalue weighted by Crippen LogP contribution is -2.26. The third-order valence-corrected chi connectivity index (χ3v) is 1.98. The molecule has 2 N–H and O–H groups in total. The number of aromatic nitrogens is 2. The molecule has 1 aliphatic rings. The smallest absolute Gasteiger partial charge is 0.332 e. The maximum atomic E-state index is 11.2. The zero-order valence-corrected chi connectivity index (χ0v) is 6.81. The van der Waals surface area contributed by atoms with E-state index >= 15 is 0 Å². The number of carbonyl (C=O) groups is 2. The second-order valence-electron chi connectivity index (χ2n) is 2.79. The van der Waals surface area contributed by atoms with Gasteiger partial charge in [0.25, 0.3) is 0 Å². The molecule has 13 heavy (non-hydrogen) atoms. The van der Waals surface area contributed by atoms with Gasteiger partial charge in [0.1, 0.15) is 5.82 Å². The molecule has 1 atom stereocenters. The molecule has 0 spiro atoms. The number of amides is 1. The van der Waals surface area contributed by atoms with Crippen LogP contribution in [0, 0.1) is 6.92 Å². The molecule has 1 aromatic heterocycles. The second-order valence-corrected chi connectivity index (χ2v) is 2.79. The third-order valence-electron chi connectivity index (χ3n) is 1.98. The Balaban J connectivity index is 2.54. The van der Waals surface area contributed by atoms with Crippen molar-refractivity contribution in [2.45, 2.75) is 13.0 Å². The van der Waals surface area contributed by atoms with Crippen molar-refractivity contribution in [3.8, 4) is 0 Å². The lowest BCUT2D eigenvalue weighted by atomic mass is 10.2. The van der Waals surface area contributed by atoms with Gasteiger partial charge in [-0.3, -0.25) is 0 Å². The van der Waals surface area contributed by atoms with Crippen LogP contribution in [0.4, 0.5) is 4.79 Å². The molecule has 1 aromatic rings. The highest BCUT2D eigenvalue weighted by atomic mass is 16.4. The van der Waals surface area contributed by atoms with E-state index in [4.69, 9.17) is 5.11 Å². The summed E-state index contributed by atoms with van der Waals surface area (Å²) >= 11 is 0. The van der Waals surface area contributed by atoms with Gasteiger partial charge in [-0.15, -0.1) is 0 Å². The normalized spacial score (nSPS) is 19.8. The fraction of sp³-hybridized carbons (Fsp3) is 0.286. The Kier molecular flexibility index (Phi) is 1.39. The highest BCUT2D eigenvalue weighted by Gasteiger charge is 2.34. The molecular formula is C7H7N3O3. The molecule has 0 saturated heterocycles. The molecule has 1 aliphatic heterocycles. The first-order valence-electron chi connectivity index (χ1n) is 3.69. The van der Waals surface area contributed by atoms with Crippen LogP contribution in [0.2, 0.25) is 0 Å². The van der Waals surface area contributed by atoms with Crippen LogP contribution in [0.15, 0.2) is 6.20 Å². The standard InChI is InChI=1S/C7H7N3O3/c1-3-8-2-4-5(6(11)12)9-7(13)10(3)4/h2,5H,1H3,(H,9,13)(H,11,12). The number of imidazole rings is 1. The van der Waals surface area contributed by atoms with Gasteiger partial charge in [-0.25, -0.2) is 19.1 Å². The predicted octanol–water partition coefficient (Wildman–Crippen LogP) is -0.111. The Morgan fingerprint density at radius 3 is 3.08 bits per heavy atom. The number of fused-ring (bicyclic) bond motifs is 1. The van der Waals surface area contributed by atoms with Crippen LogP contribution in [0.1, 0.15) is 17.6 Å². The maximum Gasteiger partial charge on any atom is 0.332 e. The van der Waals surface area contributed by atoms with Gasteiger partial charge in [0.05, 0.1) is 11.9 Å².